The number of hydrogen-bond acceptors (Lipinski definition) is 4. The van der Waals surface area contributed by atoms with Gasteiger partial charge >= 0.3 is 0 Å². The summed E-state index contributed by atoms with van der Waals surface area (Å²) in [7, 11) is 1.54. The monoisotopic (exact) mass is 410 g/mol. The first-order valence-corrected chi connectivity index (χ1v) is 6.86. The number of benzene rings is 1. The highest BCUT2D eigenvalue weighted by Gasteiger charge is 2.13. The van der Waals surface area contributed by atoms with Crippen LogP contribution in [0.15, 0.2) is 27.3 Å². The molecule has 0 saturated carbocycles. The molecule has 0 aliphatic carbocycles. The Hall–Kier alpha value is -0.920. The second kappa shape index (κ2) is 6.02. The fourth-order valence-electron chi connectivity index (χ4n) is 1.25. The topological polar surface area (TPSA) is 44.2 Å². The second-order valence-corrected chi connectivity index (χ2v) is 5.36. The largest absolute Gasteiger partial charge is 0.496 e. The van der Waals surface area contributed by atoms with Gasteiger partial charge in [0.2, 0.25) is 11.1 Å². The highest BCUT2D eigenvalue weighted by atomic mass is 79.9. The van der Waals surface area contributed by atoms with E-state index < -0.39 is 5.82 Å². The summed E-state index contributed by atoms with van der Waals surface area (Å²) in [6, 6.07) is 3.30. The summed E-state index contributed by atoms with van der Waals surface area (Å²) < 4.78 is 25.2. The van der Waals surface area contributed by atoms with Crippen LogP contribution in [-0.4, -0.2) is 17.1 Å². The lowest BCUT2D eigenvalue weighted by Gasteiger charge is -2.10. The van der Waals surface area contributed by atoms with Crippen molar-refractivity contribution in [2.45, 2.75) is 0 Å². The number of rotatable bonds is 3. The lowest BCUT2D eigenvalue weighted by molar-refractivity contribution is 0.402. The van der Waals surface area contributed by atoms with Gasteiger partial charge in [0, 0.05) is 0 Å². The average Bonchev–Trinajstić information content (AvgIpc) is 2.37. The average molecular weight is 412 g/mol. The molecular weight excluding hydrogens is 406 g/mol. The molecule has 0 aliphatic heterocycles. The van der Waals surface area contributed by atoms with E-state index in [1.165, 1.54) is 7.11 Å². The first kappa shape index (κ1) is 14.5. The fourth-order valence-corrected chi connectivity index (χ4v) is 2.27. The molecule has 0 radical (unpaired) electrons. The molecule has 2 rings (SSSR count). The number of hydrogen-bond donors (Lipinski definition) is 0. The van der Waals surface area contributed by atoms with Crippen LogP contribution >= 0.6 is 43.5 Å². The fraction of sp³-hybridized carbons (Fsp3) is 0.0909. The molecule has 0 unspecified atom stereocenters. The van der Waals surface area contributed by atoms with Crippen LogP contribution in [0, 0.1) is 5.82 Å². The van der Waals surface area contributed by atoms with Crippen LogP contribution in [0.2, 0.25) is 5.28 Å². The number of nitrogens with zero attached hydrogens (tertiary/aromatic N) is 2. The molecule has 0 saturated heterocycles. The Morgan fingerprint density at radius 3 is 2.53 bits per heavy atom. The quantitative estimate of drug-likeness (QED) is 0.692. The van der Waals surface area contributed by atoms with E-state index in [1.807, 2.05) is 0 Å². The van der Waals surface area contributed by atoms with E-state index in [0.717, 1.165) is 6.20 Å². The highest BCUT2D eigenvalue weighted by Crippen LogP contribution is 2.38. The maximum absolute atomic E-state index is 13.5. The van der Waals surface area contributed by atoms with Crippen LogP contribution in [0.1, 0.15) is 0 Å². The summed E-state index contributed by atoms with van der Waals surface area (Å²) in [5.41, 5.74) is 0. The highest BCUT2D eigenvalue weighted by molar-refractivity contribution is 9.11. The van der Waals surface area contributed by atoms with E-state index >= 15 is 0 Å². The van der Waals surface area contributed by atoms with Gasteiger partial charge in [-0.2, -0.15) is 9.37 Å². The second-order valence-electron chi connectivity index (χ2n) is 3.31. The van der Waals surface area contributed by atoms with Crippen LogP contribution in [0.4, 0.5) is 4.39 Å². The van der Waals surface area contributed by atoms with Crippen molar-refractivity contribution in [1.82, 2.24) is 9.97 Å². The normalized spacial score (nSPS) is 10.4. The Labute approximate surface area is 130 Å². The summed E-state index contributed by atoms with van der Waals surface area (Å²) in [5, 5.41) is -0.0971. The predicted octanol–water partition coefficient (Wildman–Crippen LogP) is 4.60. The van der Waals surface area contributed by atoms with Gasteiger partial charge in [0.05, 0.1) is 22.3 Å². The summed E-state index contributed by atoms with van der Waals surface area (Å²) in [6.07, 6.45) is 0.942. The van der Waals surface area contributed by atoms with E-state index in [-0.39, 0.29) is 11.2 Å². The molecular formula is C11H6Br2ClFN2O2. The van der Waals surface area contributed by atoms with E-state index in [9.17, 15) is 4.39 Å². The molecule has 0 atom stereocenters. The Morgan fingerprint density at radius 2 is 1.84 bits per heavy atom. The van der Waals surface area contributed by atoms with Crippen LogP contribution in [0.3, 0.4) is 0 Å². The first-order valence-electron chi connectivity index (χ1n) is 4.90. The van der Waals surface area contributed by atoms with Crippen molar-refractivity contribution >= 4 is 43.5 Å². The minimum Gasteiger partial charge on any atom is -0.496 e. The van der Waals surface area contributed by atoms with Gasteiger partial charge in [0.1, 0.15) is 11.5 Å². The van der Waals surface area contributed by atoms with Gasteiger partial charge in [-0.05, 0) is 55.6 Å². The Bertz CT molecular complexity index is 628. The summed E-state index contributed by atoms with van der Waals surface area (Å²) in [6.45, 7) is 0. The molecule has 0 fully saturated rings. The van der Waals surface area contributed by atoms with Gasteiger partial charge in [-0.3, -0.25) is 0 Å². The van der Waals surface area contributed by atoms with Gasteiger partial charge in [0.25, 0.3) is 5.88 Å². The van der Waals surface area contributed by atoms with Crippen LogP contribution < -0.4 is 9.47 Å². The molecule has 19 heavy (non-hydrogen) atoms. The lowest BCUT2D eigenvalue weighted by atomic mass is 10.3. The third-order valence-corrected chi connectivity index (χ3v) is 3.52. The third kappa shape index (κ3) is 3.34. The predicted molar refractivity (Wildman–Crippen MR) is 75.5 cm³/mol. The molecule has 1 aromatic heterocycles. The standard InChI is InChI=1S/C11H6Br2ClFN2O2/c1-18-8-2-6(13)9(3-5(8)12)19-10-7(15)4-16-11(14)17-10/h2-4H,1H3. The molecule has 4 nitrogen and oxygen atoms in total. The first-order chi connectivity index (χ1) is 9.01. The third-order valence-electron chi connectivity index (χ3n) is 2.10. The molecule has 0 spiro atoms. The Balaban J connectivity index is 2.38. The molecule has 2 aromatic rings. The maximum Gasteiger partial charge on any atom is 0.260 e. The zero-order valence-electron chi connectivity index (χ0n) is 9.45. The minimum absolute atomic E-state index is 0.0971. The Morgan fingerprint density at radius 1 is 1.21 bits per heavy atom. The molecule has 0 bridgehead atoms. The van der Waals surface area contributed by atoms with Crippen molar-refractivity contribution < 1.29 is 13.9 Å². The van der Waals surface area contributed by atoms with Crippen LogP contribution in [0.5, 0.6) is 17.4 Å². The molecule has 100 valence electrons. The summed E-state index contributed by atoms with van der Waals surface area (Å²) in [4.78, 5) is 7.18. The van der Waals surface area contributed by atoms with Crippen molar-refractivity contribution in [2.75, 3.05) is 7.11 Å². The lowest BCUT2D eigenvalue weighted by Crippen LogP contribution is -1.95. The van der Waals surface area contributed by atoms with E-state index in [4.69, 9.17) is 21.1 Å². The summed E-state index contributed by atoms with van der Waals surface area (Å²) in [5.74, 6) is 0.0164. The van der Waals surface area contributed by atoms with E-state index in [1.54, 1.807) is 12.1 Å². The SMILES string of the molecule is COc1cc(Br)c(Oc2nc(Cl)ncc2F)cc1Br. The molecule has 1 aromatic carbocycles. The van der Waals surface area contributed by atoms with E-state index in [0.29, 0.717) is 20.4 Å². The van der Waals surface area contributed by atoms with Gasteiger partial charge in [-0.1, -0.05) is 0 Å². The smallest absolute Gasteiger partial charge is 0.260 e. The van der Waals surface area contributed by atoms with Crippen molar-refractivity contribution in [3.8, 4) is 17.4 Å². The van der Waals surface area contributed by atoms with Gasteiger partial charge in [-0.25, -0.2) is 4.98 Å². The molecule has 0 aliphatic rings. The zero-order chi connectivity index (χ0) is 14.0. The number of halogens is 4. The number of ether oxygens (including phenoxy) is 2. The summed E-state index contributed by atoms with van der Waals surface area (Å²) >= 11 is 12.2. The molecule has 1 heterocycles. The van der Waals surface area contributed by atoms with Crippen molar-refractivity contribution in [3.05, 3.63) is 38.4 Å². The Kier molecular flexibility index (Phi) is 4.59. The molecule has 0 N–H and O–H groups in total. The molecule has 8 heteroatoms. The number of methoxy groups -OCH3 is 1. The zero-order valence-corrected chi connectivity index (χ0v) is 13.4. The molecule has 0 amide bonds. The van der Waals surface area contributed by atoms with Crippen LogP contribution in [-0.2, 0) is 0 Å². The van der Waals surface area contributed by atoms with Gasteiger partial charge in [0.15, 0.2) is 0 Å². The number of aromatic nitrogens is 2. The van der Waals surface area contributed by atoms with Crippen LogP contribution in [0.25, 0.3) is 0 Å². The maximum atomic E-state index is 13.5. The minimum atomic E-state index is -0.705. The van der Waals surface area contributed by atoms with Gasteiger partial charge in [-0.15, -0.1) is 0 Å². The van der Waals surface area contributed by atoms with Crippen molar-refractivity contribution in [2.24, 2.45) is 0 Å². The van der Waals surface area contributed by atoms with Gasteiger partial charge < -0.3 is 9.47 Å². The van der Waals surface area contributed by atoms with Crippen molar-refractivity contribution in [3.63, 3.8) is 0 Å². The van der Waals surface area contributed by atoms with Crippen molar-refractivity contribution in [1.29, 1.82) is 0 Å². The van der Waals surface area contributed by atoms with E-state index in [2.05, 4.69) is 41.8 Å².